The quantitative estimate of drug-likeness (QED) is 0.777. The highest BCUT2D eigenvalue weighted by atomic mass is 16.4. The number of rotatable bonds is 2. The van der Waals surface area contributed by atoms with Crippen molar-refractivity contribution in [3.63, 3.8) is 0 Å². The largest absolute Gasteiger partial charge is 0.481 e. The third-order valence-electron chi connectivity index (χ3n) is 3.48. The molecular formula is C12H14O2. The smallest absolute Gasteiger partial charge is 0.314 e. The Balaban J connectivity index is 2.43. The van der Waals surface area contributed by atoms with Crippen LogP contribution in [0.2, 0.25) is 0 Å². The molecule has 0 aromatic heterocycles. The molecule has 1 aliphatic rings. The van der Waals surface area contributed by atoms with Gasteiger partial charge in [0.15, 0.2) is 0 Å². The molecule has 1 aliphatic carbocycles. The van der Waals surface area contributed by atoms with E-state index >= 15 is 0 Å². The van der Waals surface area contributed by atoms with Crippen molar-refractivity contribution in [2.24, 2.45) is 5.92 Å². The van der Waals surface area contributed by atoms with Gasteiger partial charge < -0.3 is 5.11 Å². The zero-order chi connectivity index (χ0) is 10.2. The Morgan fingerprint density at radius 3 is 2.43 bits per heavy atom. The van der Waals surface area contributed by atoms with Crippen LogP contribution in [0.25, 0.3) is 0 Å². The standard InChI is InChI=1S/C12H14O2/c1-9-7-8-12(9,11(13)14)10-5-3-2-4-6-10/h2-6,9H,7-8H2,1H3,(H,13,14)/t9-,12+/m0/s1. The van der Waals surface area contributed by atoms with Crippen molar-refractivity contribution in [2.75, 3.05) is 0 Å². The highest BCUT2D eigenvalue weighted by Crippen LogP contribution is 2.48. The van der Waals surface area contributed by atoms with Gasteiger partial charge in [0.25, 0.3) is 0 Å². The van der Waals surface area contributed by atoms with Crippen molar-refractivity contribution < 1.29 is 9.90 Å². The molecule has 74 valence electrons. The van der Waals surface area contributed by atoms with E-state index in [-0.39, 0.29) is 5.92 Å². The van der Waals surface area contributed by atoms with Crippen molar-refractivity contribution in [3.05, 3.63) is 35.9 Å². The van der Waals surface area contributed by atoms with Crippen molar-refractivity contribution in [3.8, 4) is 0 Å². The molecule has 0 bridgehead atoms. The molecule has 1 aromatic rings. The lowest BCUT2D eigenvalue weighted by atomic mass is 9.57. The van der Waals surface area contributed by atoms with E-state index in [0.29, 0.717) is 0 Å². The number of carboxylic acid groups (broad SMARTS) is 1. The minimum absolute atomic E-state index is 0.252. The van der Waals surface area contributed by atoms with Gasteiger partial charge in [-0.2, -0.15) is 0 Å². The Labute approximate surface area is 83.6 Å². The number of hydrogen-bond donors (Lipinski definition) is 1. The fraction of sp³-hybridized carbons (Fsp3) is 0.417. The highest BCUT2D eigenvalue weighted by molar-refractivity contribution is 5.83. The van der Waals surface area contributed by atoms with Gasteiger partial charge in [0.1, 0.15) is 0 Å². The van der Waals surface area contributed by atoms with Crippen LogP contribution in [0.4, 0.5) is 0 Å². The van der Waals surface area contributed by atoms with Gasteiger partial charge >= 0.3 is 5.97 Å². The molecule has 0 radical (unpaired) electrons. The maximum absolute atomic E-state index is 11.3. The zero-order valence-electron chi connectivity index (χ0n) is 8.23. The summed E-state index contributed by atoms with van der Waals surface area (Å²) in [6.45, 7) is 2.02. The van der Waals surface area contributed by atoms with Gasteiger partial charge in [-0.25, -0.2) is 0 Å². The van der Waals surface area contributed by atoms with Gasteiger partial charge in [-0.15, -0.1) is 0 Å². The summed E-state index contributed by atoms with van der Waals surface area (Å²) in [7, 11) is 0. The molecule has 1 aromatic carbocycles. The fourth-order valence-electron chi connectivity index (χ4n) is 2.33. The molecule has 0 amide bonds. The van der Waals surface area contributed by atoms with Crippen molar-refractivity contribution in [2.45, 2.75) is 25.2 Å². The first-order valence-electron chi connectivity index (χ1n) is 4.97. The molecule has 2 nitrogen and oxygen atoms in total. The summed E-state index contributed by atoms with van der Waals surface area (Å²) in [5, 5.41) is 9.31. The van der Waals surface area contributed by atoms with E-state index in [4.69, 9.17) is 0 Å². The van der Waals surface area contributed by atoms with Crippen molar-refractivity contribution in [1.82, 2.24) is 0 Å². The zero-order valence-corrected chi connectivity index (χ0v) is 8.23. The summed E-state index contributed by atoms with van der Waals surface area (Å²) in [5.74, 6) is -0.426. The molecule has 1 fully saturated rings. The van der Waals surface area contributed by atoms with Crippen LogP contribution in [-0.4, -0.2) is 11.1 Å². The number of aliphatic carboxylic acids is 1. The monoisotopic (exact) mass is 190 g/mol. The Morgan fingerprint density at radius 2 is 2.07 bits per heavy atom. The molecule has 0 aliphatic heterocycles. The summed E-state index contributed by atoms with van der Waals surface area (Å²) in [4.78, 5) is 11.3. The normalized spacial score (nSPS) is 30.8. The maximum Gasteiger partial charge on any atom is 0.314 e. The summed E-state index contributed by atoms with van der Waals surface area (Å²) in [6.07, 6.45) is 1.79. The third kappa shape index (κ3) is 1.07. The second-order valence-corrected chi connectivity index (χ2v) is 4.08. The van der Waals surface area contributed by atoms with E-state index in [0.717, 1.165) is 18.4 Å². The van der Waals surface area contributed by atoms with Crippen molar-refractivity contribution >= 4 is 5.97 Å². The van der Waals surface area contributed by atoms with E-state index in [1.54, 1.807) is 0 Å². The molecule has 0 unspecified atom stereocenters. The second kappa shape index (κ2) is 3.12. The summed E-state index contributed by atoms with van der Waals surface area (Å²) >= 11 is 0. The van der Waals surface area contributed by atoms with Crippen LogP contribution in [0.1, 0.15) is 25.3 Å². The topological polar surface area (TPSA) is 37.3 Å². The Bertz CT molecular complexity index is 345. The summed E-state index contributed by atoms with van der Waals surface area (Å²) in [5.41, 5.74) is 0.340. The van der Waals surface area contributed by atoms with Gasteiger partial charge in [-0.1, -0.05) is 37.3 Å². The molecule has 1 N–H and O–H groups in total. The maximum atomic E-state index is 11.3. The predicted octanol–water partition coefficient (Wildman–Crippen LogP) is 2.44. The van der Waals surface area contributed by atoms with E-state index in [1.165, 1.54) is 0 Å². The first-order valence-corrected chi connectivity index (χ1v) is 4.97. The first kappa shape index (κ1) is 9.25. The number of carboxylic acids is 1. The van der Waals surface area contributed by atoms with E-state index < -0.39 is 11.4 Å². The van der Waals surface area contributed by atoms with Gasteiger partial charge in [0.05, 0.1) is 5.41 Å². The van der Waals surface area contributed by atoms with Gasteiger partial charge in [-0.05, 0) is 24.3 Å². The Morgan fingerprint density at radius 1 is 1.43 bits per heavy atom. The van der Waals surface area contributed by atoms with Gasteiger partial charge in [0.2, 0.25) is 0 Å². The van der Waals surface area contributed by atoms with Crippen LogP contribution in [0.15, 0.2) is 30.3 Å². The van der Waals surface area contributed by atoms with Crippen LogP contribution in [0.5, 0.6) is 0 Å². The molecule has 2 heteroatoms. The molecule has 2 rings (SSSR count). The Kier molecular flexibility index (Phi) is 2.06. The van der Waals surface area contributed by atoms with Crippen LogP contribution in [0.3, 0.4) is 0 Å². The van der Waals surface area contributed by atoms with Gasteiger partial charge in [-0.3, -0.25) is 4.79 Å². The highest BCUT2D eigenvalue weighted by Gasteiger charge is 2.51. The molecule has 1 saturated carbocycles. The fourth-order valence-corrected chi connectivity index (χ4v) is 2.33. The van der Waals surface area contributed by atoms with E-state index in [1.807, 2.05) is 37.3 Å². The molecule has 0 saturated heterocycles. The second-order valence-electron chi connectivity index (χ2n) is 4.08. The van der Waals surface area contributed by atoms with E-state index in [9.17, 15) is 9.90 Å². The summed E-state index contributed by atoms with van der Waals surface area (Å²) < 4.78 is 0. The average Bonchev–Trinajstić information content (AvgIpc) is 2.17. The minimum atomic E-state index is -0.678. The van der Waals surface area contributed by atoms with Crippen LogP contribution < -0.4 is 0 Å². The van der Waals surface area contributed by atoms with Crippen LogP contribution in [0, 0.1) is 5.92 Å². The molecule has 14 heavy (non-hydrogen) atoms. The van der Waals surface area contributed by atoms with Gasteiger partial charge in [0, 0.05) is 0 Å². The lowest BCUT2D eigenvalue weighted by Crippen LogP contribution is -2.49. The lowest BCUT2D eigenvalue weighted by Gasteiger charge is -2.44. The van der Waals surface area contributed by atoms with E-state index in [2.05, 4.69) is 0 Å². The van der Waals surface area contributed by atoms with Crippen LogP contribution >= 0.6 is 0 Å². The third-order valence-corrected chi connectivity index (χ3v) is 3.48. The number of benzene rings is 1. The number of carbonyl (C=O) groups is 1. The summed E-state index contributed by atoms with van der Waals surface area (Å²) in [6, 6.07) is 9.58. The Hall–Kier alpha value is -1.31. The lowest BCUT2D eigenvalue weighted by molar-refractivity contribution is -0.151. The molecular weight excluding hydrogens is 176 g/mol. The predicted molar refractivity (Wildman–Crippen MR) is 54.2 cm³/mol. The van der Waals surface area contributed by atoms with Crippen LogP contribution in [-0.2, 0) is 10.2 Å². The minimum Gasteiger partial charge on any atom is -0.481 e. The molecule has 0 heterocycles. The number of hydrogen-bond acceptors (Lipinski definition) is 1. The van der Waals surface area contributed by atoms with Crippen molar-refractivity contribution in [1.29, 1.82) is 0 Å². The SMILES string of the molecule is C[C@H]1CC[C@]1(C(=O)O)c1ccccc1. The molecule has 0 spiro atoms. The average molecular weight is 190 g/mol. The first-order chi connectivity index (χ1) is 6.68. The molecule has 2 atom stereocenters.